The van der Waals surface area contributed by atoms with Gasteiger partial charge in [0.1, 0.15) is 5.52 Å². The molecule has 3 N–H and O–H groups in total. The molecule has 0 aliphatic heterocycles. The van der Waals surface area contributed by atoms with Crippen molar-refractivity contribution >= 4 is 22.8 Å². The number of hydrogen-bond donors (Lipinski definition) is 3. The number of anilines is 1. The maximum atomic E-state index is 11.7. The smallest absolute Gasteiger partial charge is 0.319 e. The molecule has 1 saturated carbocycles. The number of nitrogens with zero attached hydrogens (tertiary/aromatic N) is 1. The van der Waals surface area contributed by atoms with Crippen LogP contribution in [0.4, 0.5) is 10.5 Å². The number of carbonyl (C=O) groups is 1. The standard InChI is InChI=1S/C15H19N3O3/c1-9(19)6-7-16-15(20)17-11-4-5-12-13(8-11)21-14(18-12)10-2-3-10/h4-5,8-10,19H,2-3,6-7H2,1H3,(H2,16,17,20). The highest BCUT2D eigenvalue weighted by molar-refractivity contribution is 5.91. The van der Waals surface area contributed by atoms with Gasteiger partial charge in [-0.3, -0.25) is 0 Å². The van der Waals surface area contributed by atoms with Crippen LogP contribution in [0.15, 0.2) is 22.6 Å². The SMILES string of the molecule is CC(O)CCNC(=O)Nc1ccc2nc(C3CC3)oc2c1. The Balaban J connectivity index is 1.62. The summed E-state index contributed by atoms with van der Waals surface area (Å²) in [4.78, 5) is 16.1. The van der Waals surface area contributed by atoms with Crippen molar-refractivity contribution in [3.05, 3.63) is 24.1 Å². The van der Waals surface area contributed by atoms with Gasteiger partial charge in [-0.05, 0) is 38.3 Å². The zero-order valence-electron chi connectivity index (χ0n) is 11.9. The number of benzene rings is 1. The molecule has 6 heteroatoms. The lowest BCUT2D eigenvalue weighted by Gasteiger charge is -2.08. The quantitative estimate of drug-likeness (QED) is 0.789. The Morgan fingerprint density at radius 2 is 2.33 bits per heavy atom. The monoisotopic (exact) mass is 289 g/mol. The van der Waals surface area contributed by atoms with E-state index < -0.39 is 6.10 Å². The second kappa shape index (κ2) is 5.73. The number of aromatic nitrogens is 1. The molecule has 1 heterocycles. The fourth-order valence-electron chi connectivity index (χ4n) is 2.09. The van der Waals surface area contributed by atoms with E-state index in [1.165, 1.54) is 0 Å². The van der Waals surface area contributed by atoms with Crippen LogP contribution in [-0.4, -0.2) is 28.8 Å². The number of hydrogen-bond acceptors (Lipinski definition) is 4. The van der Waals surface area contributed by atoms with Gasteiger partial charge in [-0.25, -0.2) is 9.78 Å². The van der Waals surface area contributed by atoms with Crippen molar-refractivity contribution in [3.63, 3.8) is 0 Å². The summed E-state index contributed by atoms with van der Waals surface area (Å²) < 4.78 is 5.71. The van der Waals surface area contributed by atoms with Gasteiger partial charge >= 0.3 is 6.03 Å². The minimum Gasteiger partial charge on any atom is -0.440 e. The van der Waals surface area contributed by atoms with Crippen molar-refractivity contribution in [2.75, 3.05) is 11.9 Å². The van der Waals surface area contributed by atoms with Crippen LogP contribution in [0.5, 0.6) is 0 Å². The zero-order valence-corrected chi connectivity index (χ0v) is 11.9. The Bertz CT molecular complexity index is 647. The molecule has 2 aromatic rings. The highest BCUT2D eigenvalue weighted by Gasteiger charge is 2.28. The fourth-order valence-corrected chi connectivity index (χ4v) is 2.09. The van der Waals surface area contributed by atoms with Crippen LogP contribution in [-0.2, 0) is 0 Å². The molecule has 0 radical (unpaired) electrons. The van der Waals surface area contributed by atoms with E-state index in [2.05, 4.69) is 15.6 Å². The van der Waals surface area contributed by atoms with Crippen molar-refractivity contribution in [1.82, 2.24) is 10.3 Å². The molecular weight excluding hydrogens is 270 g/mol. The average molecular weight is 289 g/mol. The number of amides is 2. The molecule has 3 rings (SSSR count). The van der Waals surface area contributed by atoms with Gasteiger partial charge in [-0.1, -0.05) is 0 Å². The summed E-state index contributed by atoms with van der Waals surface area (Å²) in [5, 5.41) is 14.6. The van der Waals surface area contributed by atoms with Gasteiger partial charge in [0.25, 0.3) is 0 Å². The Morgan fingerprint density at radius 3 is 3.05 bits per heavy atom. The first kappa shape index (κ1) is 13.9. The third-order valence-corrected chi connectivity index (χ3v) is 3.44. The molecule has 1 aromatic heterocycles. The molecule has 0 spiro atoms. The van der Waals surface area contributed by atoms with Gasteiger partial charge in [-0.15, -0.1) is 0 Å². The summed E-state index contributed by atoms with van der Waals surface area (Å²) in [6.45, 7) is 2.12. The predicted octanol–water partition coefficient (Wildman–Crippen LogP) is 2.60. The fraction of sp³-hybridized carbons (Fsp3) is 0.467. The van der Waals surface area contributed by atoms with Crippen LogP contribution in [0.1, 0.15) is 38.0 Å². The van der Waals surface area contributed by atoms with Crippen LogP contribution in [0.2, 0.25) is 0 Å². The minimum atomic E-state index is -0.420. The Kier molecular flexibility index (Phi) is 3.79. The number of aliphatic hydroxyl groups excluding tert-OH is 1. The second-order valence-electron chi connectivity index (χ2n) is 5.53. The zero-order chi connectivity index (χ0) is 14.8. The third-order valence-electron chi connectivity index (χ3n) is 3.44. The van der Waals surface area contributed by atoms with Crippen LogP contribution >= 0.6 is 0 Å². The minimum absolute atomic E-state index is 0.295. The lowest BCUT2D eigenvalue weighted by molar-refractivity contribution is 0.184. The number of nitrogens with one attached hydrogen (secondary N) is 2. The number of fused-ring (bicyclic) bond motifs is 1. The van der Waals surface area contributed by atoms with Gasteiger partial charge in [0.05, 0.1) is 6.10 Å². The largest absolute Gasteiger partial charge is 0.440 e. The molecule has 112 valence electrons. The molecular formula is C15H19N3O3. The van der Waals surface area contributed by atoms with Crippen molar-refractivity contribution in [3.8, 4) is 0 Å². The van der Waals surface area contributed by atoms with Crippen molar-refractivity contribution in [2.24, 2.45) is 0 Å². The highest BCUT2D eigenvalue weighted by Crippen LogP contribution is 2.40. The summed E-state index contributed by atoms with van der Waals surface area (Å²) in [5.41, 5.74) is 2.17. The van der Waals surface area contributed by atoms with E-state index in [0.717, 1.165) is 24.2 Å². The molecule has 2 amide bonds. The summed E-state index contributed by atoms with van der Waals surface area (Å²) >= 11 is 0. The van der Waals surface area contributed by atoms with E-state index in [1.54, 1.807) is 19.1 Å². The van der Waals surface area contributed by atoms with Gasteiger partial charge in [0.2, 0.25) is 0 Å². The summed E-state index contributed by atoms with van der Waals surface area (Å²) in [7, 11) is 0. The molecule has 0 bridgehead atoms. The van der Waals surface area contributed by atoms with Gasteiger partial charge in [0, 0.05) is 24.2 Å². The Hall–Kier alpha value is -2.08. The maximum Gasteiger partial charge on any atom is 0.319 e. The van der Waals surface area contributed by atoms with Gasteiger partial charge in [-0.2, -0.15) is 0 Å². The van der Waals surface area contributed by atoms with E-state index in [9.17, 15) is 4.79 Å². The lowest BCUT2D eigenvalue weighted by atomic mass is 10.3. The molecule has 1 unspecified atom stereocenters. The van der Waals surface area contributed by atoms with Crippen molar-refractivity contribution in [1.29, 1.82) is 0 Å². The first-order valence-electron chi connectivity index (χ1n) is 7.25. The van der Waals surface area contributed by atoms with Crippen molar-refractivity contribution < 1.29 is 14.3 Å². The first-order chi connectivity index (χ1) is 10.1. The number of rotatable bonds is 5. The van der Waals surface area contributed by atoms with Crippen LogP contribution in [0, 0.1) is 0 Å². The lowest BCUT2D eigenvalue weighted by Crippen LogP contribution is -2.30. The summed E-state index contributed by atoms with van der Waals surface area (Å²) in [6, 6.07) is 5.13. The van der Waals surface area contributed by atoms with Crippen LogP contribution in [0.25, 0.3) is 11.1 Å². The average Bonchev–Trinajstić information content (AvgIpc) is 3.18. The van der Waals surface area contributed by atoms with E-state index in [-0.39, 0.29) is 6.03 Å². The predicted molar refractivity (Wildman–Crippen MR) is 79.3 cm³/mol. The summed E-state index contributed by atoms with van der Waals surface area (Å²) in [6.07, 6.45) is 2.39. The van der Waals surface area contributed by atoms with Crippen molar-refractivity contribution in [2.45, 2.75) is 38.2 Å². The van der Waals surface area contributed by atoms with E-state index >= 15 is 0 Å². The number of urea groups is 1. The molecule has 1 fully saturated rings. The van der Waals surface area contributed by atoms with Gasteiger partial charge < -0.3 is 20.2 Å². The molecule has 1 aliphatic rings. The van der Waals surface area contributed by atoms with E-state index in [4.69, 9.17) is 9.52 Å². The molecule has 1 aromatic carbocycles. The topological polar surface area (TPSA) is 87.4 Å². The number of oxazole rings is 1. The van der Waals surface area contributed by atoms with E-state index in [1.807, 2.05) is 6.07 Å². The van der Waals surface area contributed by atoms with E-state index in [0.29, 0.717) is 30.2 Å². The third kappa shape index (κ3) is 3.52. The Labute approximate surface area is 122 Å². The van der Waals surface area contributed by atoms with Gasteiger partial charge in [0.15, 0.2) is 11.5 Å². The Morgan fingerprint density at radius 1 is 1.52 bits per heavy atom. The van der Waals surface area contributed by atoms with Crippen LogP contribution < -0.4 is 10.6 Å². The molecule has 1 aliphatic carbocycles. The molecule has 6 nitrogen and oxygen atoms in total. The first-order valence-corrected chi connectivity index (χ1v) is 7.25. The summed E-state index contributed by atoms with van der Waals surface area (Å²) in [5.74, 6) is 1.26. The normalized spacial score (nSPS) is 15.9. The molecule has 21 heavy (non-hydrogen) atoms. The number of aliphatic hydroxyl groups is 1. The second-order valence-corrected chi connectivity index (χ2v) is 5.53. The number of carbonyl (C=O) groups excluding carboxylic acids is 1. The van der Waals surface area contributed by atoms with Crippen LogP contribution in [0.3, 0.4) is 0 Å². The molecule has 0 saturated heterocycles. The molecule has 1 atom stereocenters. The highest BCUT2D eigenvalue weighted by atomic mass is 16.3. The maximum absolute atomic E-state index is 11.7.